The molecule has 1 heterocycles. The van der Waals surface area contributed by atoms with Crippen LogP contribution in [0.25, 0.3) is 0 Å². The van der Waals surface area contributed by atoms with Gasteiger partial charge in [-0.25, -0.2) is 14.1 Å². The largest absolute Gasteiger partial charge is 0.443 e. The number of rotatable bonds is 1. The maximum Gasteiger partial charge on any atom is 0.417 e. The Bertz CT molecular complexity index is 598. The van der Waals surface area contributed by atoms with Crippen LogP contribution in [0.5, 0.6) is 0 Å². The van der Waals surface area contributed by atoms with Crippen molar-refractivity contribution in [3.63, 3.8) is 0 Å². The molecule has 1 saturated heterocycles. The number of hydrogen-bond donors (Lipinski definition) is 0. The Morgan fingerprint density at radius 1 is 1.41 bits per heavy atom. The third-order valence-corrected chi connectivity index (χ3v) is 3.76. The van der Waals surface area contributed by atoms with Crippen LogP contribution in [0.2, 0.25) is 5.02 Å². The van der Waals surface area contributed by atoms with E-state index < -0.39 is 17.5 Å². The van der Waals surface area contributed by atoms with Crippen LogP contribution in [-0.4, -0.2) is 29.0 Å². The molecule has 1 aromatic carbocycles. The molecular weight excluding hydrogens is 309 g/mol. The van der Waals surface area contributed by atoms with Gasteiger partial charge >= 0.3 is 6.09 Å². The second-order valence-corrected chi connectivity index (χ2v) is 6.80. The number of piperidine rings is 1. The lowest BCUT2D eigenvalue weighted by Gasteiger charge is -2.32. The first-order valence-corrected chi connectivity index (χ1v) is 7.53. The molecule has 0 N–H and O–H groups in total. The smallest absolute Gasteiger partial charge is 0.417 e. The van der Waals surface area contributed by atoms with Crippen LogP contribution in [0.15, 0.2) is 18.2 Å². The van der Waals surface area contributed by atoms with E-state index in [1.165, 1.54) is 12.1 Å². The van der Waals surface area contributed by atoms with Gasteiger partial charge in [0.2, 0.25) is 5.91 Å². The molecule has 1 atom stereocenters. The zero-order valence-electron chi connectivity index (χ0n) is 12.9. The monoisotopic (exact) mass is 327 g/mol. The van der Waals surface area contributed by atoms with Crippen molar-refractivity contribution in [3.05, 3.63) is 34.6 Å². The molecule has 0 saturated carbocycles. The van der Waals surface area contributed by atoms with Gasteiger partial charge in [0.25, 0.3) is 0 Å². The van der Waals surface area contributed by atoms with Crippen LogP contribution in [0.3, 0.4) is 0 Å². The van der Waals surface area contributed by atoms with Gasteiger partial charge in [0.15, 0.2) is 0 Å². The van der Waals surface area contributed by atoms with E-state index in [1.807, 2.05) is 0 Å². The molecule has 0 aliphatic carbocycles. The van der Waals surface area contributed by atoms with Crippen LogP contribution in [0, 0.1) is 5.82 Å². The predicted molar refractivity (Wildman–Crippen MR) is 81.3 cm³/mol. The van der Waals surface area contributed by atoms with Gasteiger partial charge in [-0.05, 0) is 50.8 Å². The molecule has 0 radical (unpaired) electrons. The molecule has 2 rings (SSSR count). The standard InChI is InChI=1S/C16H19ClFNO3/c1-16(2,3)22-15(21)19-7-6-11(9-14(19)20)10-4-5-12(17)13(18)8-10/h4-5,8,11H,6-7,9H2,1-3H3. The number of halogens is 2. The summed E-state index contributed by atoms with van der Waals surface area (Å²) in [6, 6.07) is 4.55. The Morgan fingerprint density at radius 3 is 2.64 bits per heavy atom. The van der Waals surface area contributed by atoms with Gasteiger partial charge in [0.05, 0.1) is 5.02 Å². The zero-order chi connectivity index (χ0) is 16.5. The lowest BCUT2D eigenvalue weighted by atomic mass is 9.89. The first-order chi connectivity index (χ1) is 10.2. The van der Waals surface area contributed by atoms with Crippen molar-refractivity contribution in [3.8, 4) is 0 Å². The molecule has 2 amide bonds. The van der Waals surface area contributed by atoms with E-state index in [2.05, 4.69) is 0 Å². The molecule has 6 heteroatoms. The number of likely N-dealkylation sites (tertiary alicyclic amines) is 1. The van der Waals surface area contributed by atoms with Gasteiger partial charge in [-0.15, -0.1) is 0 Å². The topological polar surface area (TPSA) is 46.6 Å². The van der Waals surface area contributed by atoms with E-state index in [4.69, 9.17) is 16.3 Å². The Balaban J connectivity index is 2.05. The van der Waals surface area contributed by atoms with E-state index in [-0.39, 0.29) is 29.8 Å². The highest BCUT2D eigenvalue weighted by molar-refractivity contribution is 6.30. The van der Waals surface area contributed by atoms with Crippen LogP contribution in [0.1, 0.15) is 45.1 Å². The van der Waals surface area contributed by atoms with Crippen molar-refractivity contribution in [2.24, 2.45) is 0 Å². The average Bonchev–Trinajstić information content (AvgIpc) is 2.39. The van der Waals surface area contributed by atoms with Gasteiger partial charge in [-0.3, -0.25) is 4.79 Å². The van der Waals surface area contributed by atoms with E-state index in [1.54, 1.807) is 26.8 Å². The van der Waals surface area contributed by atoms with Crippen molar-refractivity contribution in [2.45, 2.75) is 45.1 Å². The normalized spacial score (nSPS) is 19.2. The number of carbonyl (C=O) groups excluding carboxylic acids is 2. The van der Waals surface area contributed by atoms with Crippen molar-refractivity contribution in [2.75, 3.05) is 6.54 Å². The molecule has 0 aromatic heterocycles. The summed E-state index contributed by atoms with van der Waals surface area (Å²) in [4.78, 5) is 25.3. The maximum atomic E-state index is 13.5. The Morgan fingerprint density at radius 2 is 2.09 bits per heavy atom. The van der Waals surface area contributed by atoms with Gasteiger partial charge in [-0.1, -0.05) is 17.7 Å². The molecule has 1 aliphatic rings. The summed E-state index contributed by atoms with van der Waals surface area (Å²) in [5, 5.41) is 0.0567. The Kier molecular flexibility index (Phi) is 4.75. The summed E-state index contributed by atoms with van der Waals surface area (Å²) in [5.74, 6) is -0.917. The molecule has 22 heavy (non-hydrogen) atoms. The Hall–Kier alpha value is -1.62. The summed E-state index contributed by atoms with van der Waals surface area (Å²) in [5.41, 5.74) is 0.0761. The third-order valence-electron chi connectivity index (χ3n) is 3.45. The SMILES string of the molecule is CC(C)(C)OC(=O)N1CCC(c2ccc(Cl)c(F)c2)CC1=O. The molecular formula is C16H19ClFNO3. The van der Waals surface area contributed by atoms with Crippen molar-refractivity contribution in [1.82, 2.24) is 4.90 Å². The highest BCUT2D eigenvalue weighted by atomic mass is 35.5. The molecule has 1 aliphatic heterocycles. The number of amides is 2. The molecule has 120 valence electrons. The van der Waals surface area contributed by atoms with E-state index >= 15 is 0 Å². The van der Waals surface area contributed by atoms with Crippen molar-refractivity contribution in [1.29, 1.82) is 0 Å². The van der Waals surface area contributed by atoms with E-state index in [9.17, 15) is 14.0 Å². The summed E-state index contributed by atoms with van der Waals surface area (Å²) in [6.07, 6.45) is 0.102. The number of ether oxygens (including phenoxy) is 1. The first-order valence-electron chi connectivity index (χ1n) is 7.15. The summed E-state index contributed by atoms with van der Waals surface area (Å²) in [6.45, 7) is 5.51. The molecule has 0 spiro atoms. The Labute approximate surface area is 134 Å². The quantitative estimate of drug-likeness (QED) is 0.779. The number of imide groups is 1. The minimum absolute atomic E-state index is 0.0567. The second kappa shape index (κ2) is 6.24. The summed E-state index contributed by atoms with van der Waals surface area (Å²) >= 11 is 5.66. The first kappa shape index (κ1) is 16.7. The minimum atomic E-state index is -0.645. The fourth-order valence-corrected chi connectivity index (χ4v) is 2.51. The van der Waals surface area contributed by atoms with Gasteiger partial charge in [-0.2, -0.15) is 0 Å². The summed E-state index contributed by atoms with van der Waals surface area (Å²) in [7, 11) is 0. The highest BCUT2D eigenvalue weighted by Gasteiger charge is 2.33. The van der Waals surface area contributed by atoms with E-state index in [0.717, 1.165) is 10.5 Å². The lowest BCUT2D eigenvalue weighted by Crippen LogP contribution is -2.44. The zero-order valence-corrected chi connectivity index (χ0v) is 13.6. The van der Waals surface area contributed by atoms with Crippen LogP contribution < -0.4 is 0 Å². The molecule has 1 unspecified atom stereocenters. The highest BCUT2D eigenvalue weighted by Crippen LogP contribution is 2.31. The van der Waals surface area contributed by atoms with Crippen LogP contribution in [-0.2, 0) is 9.53 Å². The predicted octanol–water partition coefficient (Wildman–Crippen LogP) is 4.12. The number of hydrogen-bond acceptors (Lipinski definition) is 3. The van der Waals surface area contributed by atoms with Crippen LogP contribution >= 0.6 is 11.6 Å². The molecule has 1 fully saturated rings. The fourth-order valence-electron chi connectivity index (χ4n) is 2.39. The average molecular weight is 328 g/mol. The van der Waals surface area contributed by atoms with Crippen molar-refractivity contribution < 1.29 is 18.7 Å². The second-order valence-electron chi connectivity index (χ2n) is 6.39. The summed E-state index contributed by atoms with van der Waals surface area (Å²) < 4.78 is 18.7. The maximum absolute atomic E-state index is 13.5. The van der Waals surface area contributed by atoms with Crippen LogP contribution in [0.4, 0.5) is 9.18 Å². The lowest BCUT2D eigenvalue weighted by molar-refractivity contribution is -0.132. The van der Waals surface area contributed by atoms with E-state index in [0.29, 0.717) is 6.42 Å². The molecule has 0 bridgehead atoms. The number of carbonyl (C=O) groups is 2. The molecule has 1 aromatic rings. The molecule has 4 nitrogen and oxygen atoms in total. The number of nitrogens with zero attached hydrogens (tertiary/aromatic N) is 1. The fraction of sp³-hybridized carbons (Fsp3) is 0.500. The third kappa shape index (κ3) is 3.97. The van der Waals surface area contributed by atoms with Gasteiger partial charge < -0.3 is 4.74 Å². The van der Waals surface area contributed by atoms with Gasteiger partial charge in [0.1, 0.15) is 11.4 Å². The number of benzene rings is 1. The van der Waals surface area contributed by atoms with Gasteiger partial charge in [0, 0.05) is 13.0 Å². The minimum Gasteiger partial charge on any atom is -0.443 e. The van der Waals surface area contributed by atoms with Crippen molar-refractivity contribution >= 4 is 23.6 Å².